The molecule has 3 rings (SSSR count). The van der Waals surface area contributed by atoms with Crippen LogP contribution in [0.15, 0.2) is 36.4 Å². The van der Waals surface area contributed by atoms with Gasteiger partial charge in [0.2, 0.25) is 0 Å². The normalized spacial score (nSPS) is 23.0. The zero-order valence-electron chi connectivity index (χ0n) is 12.9. The van der Waals surface area contributed by atoms with Crippen molar-refractivity contribution in [3.8, 4) is 10.4 Å². The highest BCUT2D eigenvalue weighted by Gasteiger charge is 2.49. The van der Waals surface area contributed by atoms with Crippen LogP contribution >= 0.6 is 22.9 Å². The first-order valence-corrected chi connectivity index (χ1v) is 10.5. The Morgan fingerprint density at radius 3 is 2.50 bits per heavy atom. The van der Waals surface area contributed by atoms with Crippen molar-refractivity contribution in [2.24, 2.45) is 0 Å². The van der Waals surface area contributed by atoms with Crippen LogP contribution in [-0.2, 0) is 19.4 Å². The molecule has 1 aromatic heterocycles. The molecule has 128 valence electrons. The van der Waals surface area contributed by atoms with Gasteiger partial charge in [-0.05, 0) is 42.7 Å². The van der Waals surface area contributed by atoms with Crippen LogP contribution in [0.5, 0.6) is 0 Å². The van der Waals surface area contributed by atoms with Gasteiger partial charge >= 0.3 is 5.97 Å². The van der Waals surface area contributed by atoms with Crippen LogP contribution in [0.2, 0.25) is 5.02 Å². The van der Waals surface area contributed by atoms with E-state index in [2.05, 4.69) is 0 Å². The smallest absolute Gasteiger partial charge is 0.305 e. The molecule has 0 radical (unpaired) electrons. The molecule has 1 atom stereocenters. The van der Waals surface area contributed by atoms with Gasteiger partial charge in [0.25, 0.3) is 0 Å². The fourth-order valence-electron chi connectivity index (χ4n) is 3.21. The summed E-state index contributed by atoms with van der Waals surface area (Å²) in [5.74, 6) is -1.03. The molecule has 2 heterocycles. The largest absolute Gasteiger partial charge is 0.481 e. The molecule has 0 bridgehead atoms. The molecule has 1 aliphatic rings. The summed E-state index contributed by atoms with van der Waals surface area (Å²) in [6, 6.07) is 10.9. The highest BCUT2D eigenvalue weighted by molar-refractivity contribution is 7.92. The lowest BCUT2D eigenvalue weighted by atomic mass is 9.95. The van der Waals surface area contributed by atoms with Gasteiger partial charge in [-0.15, -0.1) is 11.3 Å². The van der Waals surface area contributed by atoms with Crippen LogP contribution in [0, 0.1) is 0 Å². The fourth-order valence-corrected chi connectivity index (χ4v) is 7.12. The van der Waals surface area contributed by atoms with E-state index in [1.165, 1.54) is 11.3 Å². The van der Waals surface area contributed by atoms with Crippen molar-refractivity contribution in [3.63, 3.8) is 0 Å². The third-order valence-electron chi connectivity index (χ3n) is 4.46. The number of carboxylic acid groups (broad SMARTS) is 1. The third kappa shape index (κ3) is 3.10. The lowest BCUT2D eigenvalue weighted by molar-refractivity contribution is -0.137. The van der Waals surface area contributed by atoms with Crippen molar-refractivity contribution < 1.29 is 18.3 Å². The first kappa shape index (κ1) is 17.5. The summed E-state index contributed by atoms with van der Waals surface area (Å²) in [6.45, 7) is 0. The number of carbonyl (C=O) groups is 1. The van der Waals surface area contributed by atoms with Gasteiger partial charge < -0.3 is 5.11 Å². The molecule has 4 nitrogen and oxygen atoms in total. The number of carboxylic acids is 1. The van der Waals surface area contributed by atoms with Crippen LogP contribution in [0.3, 0.4) is 0 Å². The SMILES string of the molecule is O=C(O)CC1(c2ccc(-c3ccc(Cl)cc3)s2)CCCCS1(=O)=O. The molecular formula is C17H17ClO4S2. The van der Waals surface area contributed by atoms with Gasteiger partial charge in [-0.2, -0.15) is 0 Å². The molecule has 1 fully saturated rings. The summed E-state index contributed by atoms with van der Waals surface area (Å²) in [7, 11) is -3.50. The Balaban J connectivity index is 2.06. The van der Waals surface area contributed by atoms with Gasteiger partial charge in [0.15, 0.2) is 9.84 Å². The van der Waals surface area contributed by atoms with Crippen molar-refractivity contribution in [3.05, 3.63) is 46.3 Å². The van der Waals surface area contributed by atoms with Crippen LogP contribution in [0.25, 0.3) is 10.4 Å². The molecule has 0 saturated carbocycles. The second-order valence-electron chi connectivity index (χ2n) is 6.01. The minimum atomic E-state index is -3.50. The van der Waals surface area contributed by atoms with E-state index in [0.717, 1.165) is 16.9 Å². The van der Waals surface area contributed by atoms with E-state index in [1.807, 2.05) is 18.2 Å². The standard InChI is InChI=1S/C17H17ClO4S2/c18-13-5-3-12(4-6-13)14-7-8-15(23-14)17(11-16(19)20)9-1-2-10-24(17,21)22/h3-8H,1-2,9-11H2,(H,19,20). The number of sulfone groups is 1. The second kappa shape index (κ2) is 6.50. The number of halogens is 1. The number of hydrogen-bond donors (Lipinski definition) is 1. The van der Waals surface area contributed by atoms with E-state index in [4.69, 9.17) is 11.6 Å². The molecule has 1 saturated heterocycles. The topological polar surface area (TPSA) is 71.4 Å². The molecule has 1 unspecified atom stereocenters. The van der Waals surface area contributed by atoms with Crippen LogP contribution in [0.4, 0.5) is 0 Å². The van der Waals surface area contributed by atoms with Crippen molar-refractivity contribution in [2.75, 3.05) is 5.75 Å². The summed E-state index contributed by atoms with van der Waals surface area (Å²) in [4.78, 5) is 12.9. The van der Waals surface area contributed by atoms with Gasteiger partial charge in [0.1, 0.15) is 4.75 Å². The average Bonchev–Trinajstić information content (AvgIpc) is 3.00. The van der Waals surface area contributed by atoms with Gasteiger partial charge in [0, 0.05) is 14.8 Å². The van der Waals surface area contributed by atoms with E-state index in [9.17, 15) is 18.3 Å². The Hall–Kier alpha value is -1.37. The molecule has 2 aromatic rings. The molecule has 0 amide bonds. The maximum atomic E-state index is 12.8. The minimum absolute atomic E-state index is 0.0501. The Morgan fingerprint density at radius 1 is 1.17 bits per heavy atom. The number of aliphatic carboxylic acids is 1. The van der Waals surface area contributed by atoms with Gasteiger partial charge in [-0.1, -0.05) is 30.2 Å². The van der Waals surface area contributed by atoms with E-state index in [1.54, 1.807) is 18.2 Å². The molecule has 0 aliphatic carbocycles. The fraction of sp³-hybridized carbons (Fsp3) is 0.353. The predicted octanol–water partition coefficient (Wildman–Crippen LogP) is 4.34. The number of rotatable bonds is 4. The van der Waals surface area contributed by atoms with E-state index < -0.39 is 20.6 Å². The maximum absolute atomic E-state index is 12.8. The van der Waals surface area contributed by atoms with Gasteiger partial charge in [0.05, 0.1) is 12.2 Å². The molecule has 24 heavy (non-hydrogen) atoms. The zero-order valence-corrected chi connectivity index (χ0v) is 15.3. The van der Waals surface area contributed by atoms with Gasteiger partial charge in [-0.3, -0.25) is 4.79 Å². The number of benzene rings is 1. The Bertz CT molecular complexity index is 855. The Morgan fingerprint density at radius 2 is 1.88 bits per heavy atom. The van der Waals surface area contributed by atoms with Crippen molar-refractivity contribution in [1.82, 2.24) is 0 Å². The molecule has 0 spiro atoms. The van der Waals surface area contributed by atoms with Crippen LogP contribution < -0.4 is 0 Å². The molecule has 1 aliphatic heterocycles. The maximum Gasteiger partial charge on any atom is 0.305 e. The molecule has 7 heteroatoms. The quantitative estimate of drug-likeness (QED) is 0.851. The molecule has 1 N–H and O–H groups in total. The monoisotopic (exact) mass is 384 g/mol. The minimum Gasteiger partial charge on any atom is -0.481 e. The van der Waals surface area contributed by atoms with Crippen molar-refractivity contribution >= 4 is 38.7 Å². The predicted molar refractivity (Wildman–Crippen MR) is 96.3 cm³/mol. The van der Waals surface area contributed by atoms with E-state index in [0.29, 0.717) is 22.7 Å². The third-order valence-corrected chi connectivity index (χ3v) is 8.76. The summed E-state index contributed by atoms with van der Waals surface area (Å²) in [5.41, 5.74) is 0.939. The summed E-state index contributed by atoms with van der Waals surface area (Å²) < 4.78 is 24.2. The highest BCUT2D eigenvalue weighted by atomic mass is 35.5. The Kier molecular flexibility index (Phi) is 4.73. The summed E-state index contributed by atoms with van der Waals surface area (Å²) in [5, 5.41) is 9.94. The van der Waals surface area contributed by atoms with Crippen molar-refractivity contribution in [2.45, 2.75) is 30.4 Å². The average molecular weight is 385 g/mol. The van der Waals surface area contributed by atoms with Crippen molar-refractivity contribution in [1.29, 1.82) is 0 Å². The molecule has 1 aromatic carbocycles. The Labute approximate surface area is 150 Å². The molecular weight excluding hydrogens is 368 g/mol. The summed E-state index contributed by atoms with van der Waals surface area (Å²) in [6.07, 6.45) is 1.30. The van der Waals surface area contributed by atoms with Crippen LogP contribution in [0.1, 0.15) is 30.6 Å². The summed E-state index contributed by atoms with van der Waals surface area (Å²) >= 11 is 7.26. The first-order chi connectivity index (χ1) is 11.3. The second-order valence-corrected chi connectivity index (χ2v) is 9.95. The van der Waals surface area contributed by atoms with E-state index in [-0.39, 0.29) is 12.2 Å². The van der Waals surface area contributed by atoms with Gasteiger partial charge in [-0.25, -0.2) is 8.42 Å². The lowest BCUT2D eigenvalue weighted by Crippen LogP contribution is -2.41. The number of hydrogen-bond acceptors (Lipinski definition) is 4. The first-order valence-electron chi connectivity index (χ1n) is 7.64. The van der Waals surface area contributed by atoms with E-state index >= 15 is 0 Å². The highest BCUT2D eigenvalue weighted by Crippen LogP contribution is 2.47. The number of thiophene rings is 1. The lowest BCUT2D eigenvalue weighted by Gasteiger charge is -2.34. The van der Waals surface area contributed by atoms with Crippen LogP contribution in [-0.4, -0.2) is 25.2 Å². The zero-order chi connectivity index (χ0) is 17.4.